The highest BCUT2D eigenvalue weighted by atomic mass is 79.9. The van der Waals surface area contributed by atoms with Gasteiger partial charge in [-0.3, -0.25) is 4.90 Å². The lowest BCUT2D eigenvalue weighted by molar-refractivity contribution is 0.185. The molecule has 1 aromatic heterocycles. The van der Waals surface area contributed by atoms with E-state index in [0.717, 1.165) is 0 Å². The maximum Gasteiger partial charge on any atom is 0.0489 e. The Morgan fingerprint density at radius 3 is 2.71 bits per heavy atom. The number of rotatable bonds is 7. The first-order chi connectivity index (χ1) is 8.11. The molecular formula is C12H21BrN2S2. The molecule has 0 aliphatic carbocycles. The monoisotopic (exact) mass is 336 g/mol. The highest BCUT2D eigenvalue weighted by Gasteiger charge is 2.22. The molecule has 17 heavy (non-hydrogen) atoms. The van der Waals surface area contributed by atoms with Gasteiger partial charge in [-0.1, -0.05) is 0 Å². The highest BCUT2D eigenvalue weighted by molar-refractivity contribution is 9.10. The second kappa shape index (κ2) is 7.79. The summed E-state index contributed by atoms with van der Waals surface area (Å²) >= 11 is 7.23. The Balaban J connectivity index is 2.70. The van der Waals surface area contributed by atoms with Crippen molar-refractivity contribution in [3.05, 3.63) is 20.8 Å². The molecule has 0 fully saturated rings. The summed E-state index contributed by atoms with van der Waals surface area (Å²) in [4.78, 5) is 2.39. The van der Waals surface area contributed by atoms with Crippen LogP contribution in [-0.2, 0) is 0 Å². The van der Waals surface area contributed by atoms with Gasteiger partial charge in [0.05, 0.1) is 0 Å². The normalized spacial score (nSPS) is 15.2. The van der Waals surface area contributed by atoms with E-state index in [4.69, 9.17) is 5.73 Å². The van der Waals surface area contributed by atoms with Crippen molar-refractivity contribution in [1.82, 2.24) is 4.90 Å². The third kappa shape index (κ3) is 4.24. The Kier molecular flexibility index (Phi) is 7.11. The van der Waals surface area contributed by atoms with Gasteiger partial charge in [-0.2, -0.15) is 23.1 Å². The van der Waals surface area contributed by atoms with Crippen molar-refractivity contribution in [3.8, 4) is 0 Å². The number of thiophene rings is 1. The molecule has 0 amide bonds. The number of hydrogen-bond acceptors (Lipinski definition) is 4. The van der Waals surface area contributed by atoms with E-state index in [1.807, 2.05) is 11.8 Å². The van der Waals surface area contributed by atoms with Crippen LogP contribution in [0, 0.1) is 0 Å². The summed E-state index contributed by atoms with van der Waals surface area (Å²) in [6.07, 6.45) is 3.36. The lowest BCUT2D eigenvalue weighted by atomic mass is 10.1. The first-order valence-electron chi connectivity index (χ1n) is 5.74. The summed E-state index contributed by atoms with van der Waals surface area (Å²) in [5, 5.41) is 4.32. The van der Waals surface area contributed by atoms with Crippen molar-refractivity contribution in [1.29, 1.82) is 0 Å². The van der Waals surface area contributed by atoms with Gasteiger partial charge in [0.1, 0.15) is 0 Å². The van der Waals surface area contributed by atoms with E-state index in [2.05, 4.69) is 51.8 Å². The SMILES string of the molecule is CSCCC(C)N(C)C(CN)c1cscc1Br. The summed E-state index contributed by atoms with van der Waals surface area (Å²) in [7, 11) is 2.17. The Bertz CT molecular complexity index is 330. The van der Waals surface area contributed by atoms with E-state index in [1.54, 1.807) is 11.3 Å². The van der Waals surface area contributed by atoms with Crippen LogP contribution >= 0.6 is 39.0 Å². The van der Waals surface area contributed by atoms with Crippen LogP contribution in [0.1, 0.15) is 24.9 Å². The summed E-state index contributed by atoms with van der Waals surface area (Å²) in [5.74, 6) is 1.20. The lowest BCUT2D eigenvalue weighted by Crippen LogP contribution is -2.37. The highest BCUT2D eigenvalue weighted by Crippen LogP contribution is 2.31. The molecule has 0 saturated carbocycles. The molecule has 0 saturated heterocycles. The average molecular weight is 337 g/mol. The fourth-order valence-corrected chi connectivity index (χ4v) is 4.03. The van der Waals surface area contributed by atoms with Crippen molar-refractivity contribution in [2.45, 2.75) is 25.4 Å². The molecule has 0 radical (unpaired) electrons. The molecule has 0 bridgehead atoms. The van der Waals surface area contributed by atoms with Gasteiger partial charge in [0.15, 0.2) is 0 Å². The molecular weight excluding hydrogens is 316 g/mol. The summed E-state index contributed by atoms with van der Waals surface area (Å²) in [6, 6.07) is 0.871. The summed E-state index contributed by atoms with van der Waals surface area (Å²) in [5.41, 5.74) is 7.25. The summed E-state index contributed by atoms with van der Waals surface area (Å²) < 4.78 is 1.18. The van der Waals surface area contributed by atoms with E-state index in [-0.39, 0.29) is 0 Å². The van der Waals surface area contributed by atoms with Crippen LogP contribution in [0.3, 0.4) is 0 Å². The predicted octanol–water partition coefficient (Wildman–Crippen LogP) is 3.58. The van der Waals surface area contributed by atoms with Crippen LogP contribution in [0.5, 0.6) is 0 Å². The predicted molar refractivity (Wildman–Crippen MR) is 84.0 cm³/mol. The molecule has 1 heterocycles. The number of thioether (sulfide) groups is 1. The molecule has 2 nitrogen and oxygen atoms in total. The Morgan fingerprint density at radius 1 is 1.53 bits per heavy atom. The van der Waals surface area contributed by atoms with Gasteiger partial charge in [-0.05, 0) is 59.3 Å². The fourth-order valence-electron chi connectivity index (χ4n) is 1.84. The van der Waals surface area contributed by atoms with E-state index >= 15 is 0 Å². The second-order valence-corrected chi connectivity index (χ2v) is 6.81. The zero-order valence-electron chi connectivity index (χ0n) is 10.6. The maximum atomic E-state index is 5.94. The Morgan fingerprint density at radius 2 is 2.24 bits per heavy atom. The van der Waals surface area contributed by atoms with Gasteiger partial charge in [0.2, 0.25) is 0 Å². The van der Waals surface area contributed by atoms with Crippen LogP contribution in [0.2, 0.25) is 0 Å². The minimum atomic E-state index is 0.312. The number of nitrogens with two attached hydrogens (primary N) is 1. The molecule has 1 rings (SSSR count). The number of halogens is 1. The molecule has 0 aliphatic rings. The van der Waals surface area contributed by atoms with Gasteiger partial charge >= 0.3 is 0 Å². The Hall–Kier alpha value is 0.450. The first kappa shape index (κ1) is 15.5. The first-order valence-corrected chi connectivity index (χ1v) is 8.87. The minimum absolute atomic E-state index is 0.312. The van der Waals surface area contributed by atoms with Crippen molar-refractivity contribution in [2.75, 3.05) is 25.6 Å². The third-order valence-corrected chi connectivity index (χ3v) is 5.55. The molecule has 98 valence electrons. The molecule has 0 aliphatic heterocycles. The van der Waals surface area contributed by atoms with Gasteiger partial charge in [0.25, 0.3) is 0 Å². The number of hydrogen-bond donors (Lipinski definition) is 1. The average Bonchev–Trinajstić information content (AvgIpc) is 2.73. The van der Waals surface area contributed by atoms with Gasteiger partial charge in [0, 0.05) is 28.5 Å². The van der Waals surface area contributed by atoms with Crippen molar-refractivity contribution < 1.29 is 0 Å². The molecule has 0 spiro atoms. The van der Waals surface area contributed by atoms with Crippen molar-refractivity contribution in [2.24, 2.45) is 5.73 Å². The Labute approximate surface area is 121 Å². The smallest absolute Gasteiger partial charge is 0.0489 e. The van der Waals surface area contributed by atoms with E-state index in [0.29, 0.717) is 18.6 Å². The third-order valence-electron chi connectivity index (χ3n) is 3.15. The zero-order chi connectivity index (χ0) is 12.8. The van der Waals surface area contributed by atoms with Crippen LogP contribution < -0.4 is 5.73 Å². The van der Waals surface area contributed by atoms with Crippen LogP contribution in [-0.4, -0.2) is 36.5 Å². The van der Waals surface area contributed by atoms with E-state index in [9.17, 15) is 0 Å². The van der Waals surface area contributed by atoms with Gasteiger partial charge in [-0.15, -0.1) is 0 Å². The van der Waals surface area contributed by atoms with Crippen LogP contribution in [0.25, 0.3) is 0 Å². The zero-order valence-corrected chi connectivity index (χ0v) is 13.9. The standard InChI is InChI=1S/C12H21BrN2S2/c1-9(4-5-16-3)15(2)12(6-14)10-7-17-8-11(10)13/h7-9,12H,4-6,14H2,1-3H3. The fraction of sp³-hybridized carbons (Fsp3) is 0.667. The second-order valence-electron chi connectivity index (χ2n) is 4.22. The van der Waals surface area contributed by atoms with Crippen molar-refractivity contribution in [3.63, 3.8) is 0 Å². The minimum Gasteiger partial charge on any atom is -0.329 e. The molecule has 5 heteroatoms. The van der Waals surface area contributed by atoms with E-state index < -0.39 is 0 Å². The van der Waals surface area contributed by atoms with Gasteiger partial charge < -0.3 is 5.73 Å². The number of nitrogens with zero attached hydrogens (tertiary/aromatic N) is 1. The molecule has 0 aromatic carbocycles. The summed E-state index contributed by atoms with van der Waals surface area (Å²) in [6.45, 7) is 2.94. The van der Waals surface area contributed by atoms with E-state index in [1.165, 1.54) is 22.2 Å². The van der Waals surface area contributed by atoms with Crippen LogP contribution in [0.4, 0.5) is 0 Å². The largest absolute Gasteiger partial charge is 0.329 e. The van der Waals surface area contributed by atoms with Crippen LogP contribution in [0.15, 0.2) is 15.2 Å². The van der Waals surface area contributed by atoms with Gasteiger partial charge in [-0.25, -0.2) is 0 Å². The lowest BCUT2D eigenvalue weighted by Gasteiger charge is -2.32. The molecule has 2 N–H and O–H groups in total. The number of likely N-dealkylation sites (N-methyl/N-ethyl adjacent to an activating group) is 1. The molecule has 2 unspecified atom stereocenters. The topological polar surface area (TPSA) is 29.3 Å². The molecule has 2 atom stereocenters. The maximum absolute atomic E-state index is 5.94. The molecule has 1 aromatic rings. The van der Waals surface area contributed by atoms with Crippen molar-refractivity contribution >= 4 is 39.0 Å². The quantitative estimate of drug-likeness (QED) is 0.825.